The fourth-order valence-electron chi connectivity index (χ4n) is 4.94. The molecule has 1 heterocycles. The lowest BCUT2D eigenvalue weighted by Gasteiger charge is -2.15. The van der Waals surface area contributed by atoms with Crippen molar-refractivity contribution < 1.29 is 23.6 Å². The standard InChI is InChI=1S/C35H48N2O4S/c1-4-5-6-7-8-9-10-11-12-13-14-15-24-40-35-32(28(2)38)17-16-18-33(35)41-27-34(39)36-31-21-19-30(20-22-31)26-37-23-25-42-29(37)3/h16-23,25H,4-15,24,26-27H2,1-3H3/p+1. The van der Waals surface area contributed by atoms with Gasteiger partial charge in [0.2, 0.25) is 5.01 Å². The molecule has 228 valence electrons. The lowest BCUT2D eigenvalue weighted by Crippen LogP contribution is -2.34. The number of carbonyl (C=O) groups excluding carboxylic acids is 2. The molecule has 1 amide bonds. The van der Waals surface area contributed by atoms with Crippen LogP contribution in [0, 0.1) is 6.92 Å². The molecule has 0 radical (unpaired) electrons. The molecule has 0 unspecified atom stereocenters. The van der Waals surface area contributed by atoms with E-state index in [4.69, 9.17) is 9.47 Å². The number of unbranched alkanes of at least 4 members (excludes halogenated alkanes) is 11. The number of rotatable bonds is 21. The molecule has 7 heteroatoms. The van der Waals surface area contributed by atoms with Crippen molar-refractivity contribution in [1.82, 2.24) is 0 Å². The lowest BCUT2D eigenvalue weighted by atomic mass is 10.1. The Kier molecular flexibility index (Phi) is 15.1. The van der Waals surface area contributed by atoms with E-state index < -0.39 is 0 Å². The first-order valence-electron chi connectivity index (χ1n) is 15.7. The summed E-state index contributed by atoms with van der Waals surface area (Å²) in [5.41, 5.74) is 2.34. The van der Waals surface area contributed by atoms with Gasteiger partial charge in [-0.1, -0.05) is 107 Å². The molecule has 42 heavy (non-hydrogen) atoms. The average molecular weight is 594 g/mol. The number of nitrogens with one attached hydrogen (secondary N) is 1. The minimum atomic E-state index is -0.272. The maximum absolute atomic E-state index is 12.6. The Balaban J connectivity index is 1.39. The molecule has 0 bridgehead atoms. The van der Waals surface area contributed by atoms with Crippen molar-refractivity contribution in [2.75, 3.05) is 18.5 Å². The third-order valence-corrected chi connectivity index (χ3v) is 8.27. The summed E-state index contributed by atoms with van der Waals surface area (Å²) in [6.07, 6.45) is 17.4. The molecule has 2 aromatic carbocycles. The Labute approximate surface area is 256 Å². The van der Waals surface area contributed by atoms with Gasteiger partial charge in [0.15, 0.2) is 36.6 Å². The van der Waals surface area contributed by atoms with Crippen LogP contribution in [-0.4, -0.2) is 24.9 Å². The van der Waals surface area contributed by atoms with Gasteiger partial charge in [0.1, 0.15) is 0 Å². The Morgan fingerprint density at radius 3 is 2.07 bits per heavy atom. The van der Waals surface area contributed by atoms with E-state index in [2.05, 4.69) is 35.3 Å². The van der Waals surface area contributed by atoms with Crippen molar-refractivity contribution in [3.63, 3.8) is 0 Å². The van der Waals surface area contributed by atoms with E-state index in [1.54, 1.807) is 29.5 Å². The van der Waals surface area contributed by atoms with Gasteiger partial charge in [-0.2, -0.15) is 4.57 Å². The molecule has 0 saturated heterocycles. The van der Waals surface area contributed by atoms with Crippen LogP contribution >= 0.6 is 11.3 Å². The van der Waals surface area contributed by atoms with E-state index in [0.29, 0.717) is 29.4 Å². The highest BCUT2D eigenvalue weighted by molar-refractivity contribution is 7.09. The number of aromatic nitrogens is 1. The number of hydrogen-bond donors (Lipinski definition) is 1. The molecule has 1 N–H and O–H groups in total. The van der Waals surface area contributed by atoms with Crippen molar-refractivity contribution in [1.29, 1.82) is 0 Å². The summed E-state index contributed by atoms with van der Waals surface area (Å²) in [5, 5.41) is 6.21. The zero-order valence-electron chi connectivity index (χ0n) is 25.8. The molecule has 0 aliphatic heterocycles. The molecule has 0 aliphatic rings. The van der Waals surface area contributed by atoms with Gasteiger partial charge in [0.25, 0.3) is 5.91 Å². The number of carbonyl (C=O) groups is 2. The number of hydrogen-bond acceptors (Lipinski definition) is 5. The predicted molar refractivity (Wildman–Crippen MR) is 172 cm³/mol. The highest BCUT2D eigenvalue weighted by Crippen LogP contribution is 2.32. The number of anilines is 1. The normalized spacial score (nSPS) is 10.9. The van der Waals surface area contributed by atoms with Crippen LogP contribution in [0.1, 0.15) is 112 Å². The van der Waals surface area contributed by atoms with Crippen LogP contribution < -0.4 is 19.4 Å². The van der Waals surface area contributed by atoms with Crippen LogP contribution in [0.15, 0.2) is 54.0 Å². The van der Waals surface area contributed by atoms with E-state index in [0.717, 1.165) is 24.9 Å². The summed E-state index contributed by atoms with van der Waals surface area (Å²) < 4.78 is 14.1. The number of amides is 1. The van der Waals surface area contributed by atoms with E-state index in [9.17, 15) is 9.59 Å². The number of thiazole rings is 1. The van der Waals surface area contributed by atoms with Gasteiger partial charge < -0.3 is 14.8 Å². The predicted octanol–water partition coefficient (Wildman–Crippen LogP) is 8.69. The number of nitrogens with zero attached hydrogens (tertiary/aromatic N) is 1. The number of Topliss-reactive ketones (excluding diaryl/α,β-unsaturated/α-hetero) is 1. The SMILES string of the molecule is CCCCCCCCCCCCCCOc1c(OCC(=O)Nc2ccc(C[n+]3ccsc3C)cc2)cccc1C(C)=O. The largest absolute Gasteiger partial charge is 0.489 e. The van der Waals surface area contributed by atoms with Gasteiger partial charge in [-0.3, -0.25) is 9.59 Å². The van der Waals surface area contributed by atoms with E-state index in [-0.39, 0.29) is 18.3 Å². The Morgan fingerprint density at radius 2 is 1.48 bits per heavy atom. The first kappa shape index (κ1) is 33.3. The Bertz CT molecular complexity index is 1220. The first-order chi connectivity index (χ1) is 20.5. The van der Waals surface area contributed by atoms with Crippen LogP contribution in [0.2, 0.25) is 0 Å². The van der Waals surface area contributed by atoms with Crippen LogP contribution in [0.5, 0.6) is 11.5 Å². The molecular weight excluding hydrogens is 544 g/mol. The van der Waals surface area contributed by atoms with Crippen molar-refractivity contribution in [3.8, 4) is 11.5 Å². The summed E-state index contributed by atoms with van der Waals surface area (Å²) in [6, 6.07) is 13.1. The zero-order valence-corrected chi connectivity index (χ0v) is 26.6. The van der Waals surface area contributed by atoms with E-state index in [1.165, 1.54) is 76.1 Å². The fourth-order valence-corrected chi connectivity index (χ4v) is 5.61. The van der Waals surface area contributed by atoms with Crippen molar-refractivity contribution >= 4 is 28.7 Å². The second-order valence-electron chi connectivity index (χ2n) is 11.0. The summed E-state index contributed by atoms with van der Waals surface area (Å²) in [7, 11) is 0. The number of benzene rings is 2. The Hall–Kier alpha value is -3.19. The molecule has 1 aromatic heterocycles. The number of ether oxygens (including phenoxy) is 2. The quantitative estimate of drug-likeness (QED) is 0.0762. The van der Waals surface area contributed by atoms with Gasteiger partial charge in [-0.15, -0.1) is 0 Å². The summed E-state index contributed by atoms with van der Waals surface area (Å²) in [5.74, 6) is 0.471. The van der Waals surface area contributed by atoms with Crippen molar-refractivity contribution in [3.05, 3.63) is 70.2 Å². The summed E-state index contributed by atoms with van der Waals surface area (Å²) in [6.45, 7) is 7.00. The summed E-state index contributed by atoms with van der Waals surface area (Å²) >= 11 is 1.72. The minimum absolute atomic E-state index is 0.0921. The number of aryl methyl sites for hydroxylation is 1. The van der Waals surface area contributed by atoms with E-state index >= 15 is 0 Å². The van der Waals surface area contributed by atoms with Gasteiger partial charge in [0.05, 0.1) is 17.6 Å². The van der Waals surface area contributed by atoms with Crippen molar-refractivity contribution in [2.24, 2.45) is 0 Å². The molecule has 0 spiro atoms. The Morgan fingerprint density at radius 1 is 0.833 bits per heavy atom. The van der Waals surface area contributed by atoms with Crippen LogP contribution in [0.3, 0.4) is 0 Å². The second kappa shape index (κ2) is 19.1. The molecule has 0 saturated carbocycles. The van der Waals surface area contributed by atoms with E-state index in [1.807, 2.05) is 24.3 Å². The molecule has 0 fully saturated rings. The number of ketones is 1. The monoisotopic (exact) mass is 593 g/mol. The summed E-state index contributed by atoms with van der Waals surface area (Å²) in [4.78, 5) is 24.9. The molecule has 3 rings (SSSR count). The van der Waals surface area contributed by atoms with Crippen LogP contribution in [0.4, 0.5) is 5.69 Å². The van der Waals surface area contributed by atoms with Gasteiger partial charge in [-0.25, -0.2) is 0 Å². The first-order valence-corrected chi connectivity index (χ1v) is 16.6. The third-order valence-electron chi connectivity index (χ3n) is 7.44. The minimum Gasteiger partial charge on any atom is -0.489 e. The zero-order chi connectivity index (χ0) is 30.0. The number of para-hydroxylation sites is 1. The van der Waals surface area contributed by atoms with Crippen LogP contribution in [0.25, 0.3) is 0 Å². The second-order valence-corrected chi connectivity index (χ2v) is 12.1. The van der Waals surface area contributed by atoms with Gasteiger partial charge in [-0.05, 0) is 37.6 Å². The van der Waals surface area contributed by atoms with Gasteiger partial charge >= 0.3 is 0 Å². The van der Waals surface area contributed by atoms with Gasteiger partial charge in [0, 0.05) is 18.2 Å². The van der Waals surface area contributed by atoms with Crippen molar-refractivity contribution in [2.45, 2.75) is 104 Å². The highest BCUT2D eigenvalue weighted by Gasteiger charge is 2.16. The third kappa shape index (κ3) is 12.0. The average Bonchev–Trinajstić information content (AvgIpc) is 3.39. The molecule has 3 aromatic rings. The fraction of sp³-hybridized carbons (Fsp3) is 0.514. The molecule has 6 nitrogen and oxygen atoms in total. The van der Waals surface area contributed by atoms with Crippen LogP contribution in [-0.2, 0) is 11.3 Å². The highest BCUT2D eigenvalue weighted by atomic mass is 32.1. The lowest BCUT2D eigenvalue weighted by molar-refractivity contribution is -0.689. The maximum atomic E-state index is 12.6. The molecule has 0 aliphatic carbocycles. The topological polar surface area (TPSA) is 68.5 Å². The maximum Gasteiger partial charge on any atom is 0.262 e. The smallest absolute Gasteiger partial charge is 0.262 e. The molecule has 0 atom stereocenters. The molecular formula is C35H49N2O4S+.